The maximum atomic E-state index is 12.3. The van der Waals surface area contributed by atoms with Gasteiger partial charge in [-0.1, -0.05) is 6.92 Å². The monoisotopic (exact) mass is 250 g/mol. The van der Waals surface area contributed by atoms with Crippen LogP contribution in [-0.4, -0.2) is 46.3 Å². The first-order valence-corrected chi connectivity index (χ1v) is 6.79. The van der Waals surface area contributed by atoms with E-state index >= 15 is 0 Å². The highest BCUT2D eigenvalue weighted by Gasteiger charge is 2.25. The Balaban J connectivity index is 1.86. The Bertz CT molecular complexity index is 357. The van der Waals surface area contributed by atoms with Crippen LogP contribution in [0, 0.1) is 0 Å². The number of hydrogen-bond donors (Lipinski definition) is 1. The molecule has 1 aliphatic rings. The molecule has 1 unspecified atom stereocenters. The summed E-state index contributed by atoms with van der Waals surface area (Å²) < 4.78 is 1.81. The largest absolute Gasteiger partial charge is 0.338 e. The molecular formula is C13H22N4O. The molecule has 2 heterocycles. The van der Waals surface area contributed by atoms with Gasteiger partial charge in [0.2, 0.25) is 5.91 Å². The van der Waals surface area contributed by atoms with Gasteiger partial charge in [-0.2, -0.15) is 5.10 Å². The summed E-state index contributed by atoms with van der Waals surface area (Å²) in [5.41, 5.74) is 0. The van der Waals surface area contributed by atoms with E-state index in [0.29, 0.717) is 19.0 Å². The van der Waals surface area contributed by atoms with E-state index in [4.69, 9.17) is 0 Å². The number of carbonyl (C=O) groups is 1. The molecule has 5 heteroatoms. The van der Waals surface area contributed by atoms with Gasteiger partial charge in [-0.25, -0.2) is 0 Å². The Morgan fingerprint density at radius 3 is 3.11 bits per heavy atom. The Morgan fingerprint density at radius 1 is 1.61 bits per heavy atom. The lowest BCUT2D eigenvalue weighted by Crippen LogP contribution is -2.42. The summed E-state index contributed by atoms with van der Waals surface area (Å²) in [6.07, 6.45) is 6.28. The summed E-state index contributed by atoms with van der Waals surface area (Å²) >= 11 is 0. The Kier molecular flexibility index (Phi) is 4.75. The van der Waals surface area contributed by atoms with Crippen molar-refractivity contribution in [3.63, 3.8) is 0 Å². The molecular weight excluding hydrogens is 228 g/mol. The lowest BCUT2D eigenvalue weighted by molar-refractivity contribution is -0.133. The van der Waals surface area contributed by atoms with Crippen LogP contribution in [0.25, 0.3) is 0 Å². The highest BCUT2D eigenvalue weighted by Crippen LogP contribution is 2.11. The van der Waals surface area contributed by atoms with Gasteiger partial charge in [0.15, 0.2) is 0 Å². The second-order valence-electron chi connectivity index (χ2n) is 4.75. The molecule has 0 spiro atoms. The van der Waals surface area contributed by atoms with Crippen LogP contribution in [-0.2, 0) is 11.3 Å². The highest BCUT2D eigenvalue weighted by atomic mass is 16.2. The number of amides is 1. The van der Waals surface area contributed by atoms with Crippen LogP contribution < -0.4 is 5.32 Å². The minimum absolute atomic E-state index is 0.251. The van der Waals surface area contributed by atoms with Crippen LogP contribution in [0.2, 0.25) is 0 Å². The molecule has 5 nitrogen and oxygen atoms in total. The van der Waals surface area contributed by atoms with Crippen molar-refractivity contribution >= 4 is 5.91 Å². The van der Waals surface area contributed by atoms with Crippen molar-refractivity contribution in [3.05, 3.63) is 18.5 Å². The fourth-order valence-corrected chi connectivity index (χ4v) is 2.44. The maximum absolute atomic E-state index is 12.3. The Labute approximate surface area is 108 Å². The van der Waals surface area contributed by atoms with Crippen molar-refractivity contribution < 1.29 is 4.79 Å². The zero-order valence-corrected chi connectivity index (χ0v) is 11.0. The van der Waals surface area contributed by atoms with E-state index in [0.717, 1.165) is 32.5 Å². The lowest BCUT2D eigenvalue weighted by Gasteiger charge is -2.28. The van der Waals surface area contributed by atoms with E-state index in [1.54, 1.807) is 6.20 Å². The van der Waals surface area contributed by atoms with E-state index in [-0.39, 0.29) is 5.91 Å². The van der Waals surface area contributed by atoms with Crippen molar-refractivity contribution in [1.82, 2.24) is 20.0 Å². The molecule has 0 radical (unpaired) electrons. The SMILES string of the molecule is CCCN(C(=O)CCn1cccn1)C1CCNC1. The molecule has 1 saturated heterocycles. The minimum Gasteiger partial charge on any atom is -0.338 e. The van der Waals surface area contributed by atoms with E-state index in [2.05, 4.69) is 17.3 Å². The summed E-state index contributed by atoms with van der Waals surface area (Å²) in [6.45, 7) is 5.62. The van der Waals surface area contributed by atoms with Gasteiger partial charge in [0.05, 0.1) is 0 Å². The van der Waals surface area contributed by atoms with E-state index in [1.807, 2.05) is 21.8 Å². The number of carbonyl (C=O) groups excluding carboxylic acids is 1. The molecule has 1 fully saturated rings. The molecule has 0 saturated carbocycles. The first-order valence-electron chi connectivity index (χ1n) is 6.79. The third kappa shape index (κ3) is 3.32. The molecule has 1 aliphatic heterocycles. The van der Waals surface area contributed by atoms with Gasteiger partial charge < -0.3 is 10.2 Å². The van der Waals surface area contributed by atoms with Gasteiger partial charge in [0.1, 0.15) is 0 Å². The zero-order chi connectivity index (χ0) is 12.8. The molecule has 0 bridgehead atoms. The second-order valence-corrected chi connectivity index (χ2v) is 4.75. The third-order valence-electron chi connectivity index (χ3n) is 3.37. The molecule has 18 heavy (non-hydrogen) atoms. The smallest absolute Gasteiger partial charge is 0.224 e. The molecule has 1 aromatic rings. The average molecular weight is 250 g/mol. The van der Waals surface area contributed by atoms with Crippen molar-refractivity contribution in [2.24, 2.45) is 0 Å². The molecule has 0 aromatic carbocycles. The predicted molar refractivity (Wildman–Crippen MR) is 70.1 cm³/mol. The van der Waals surface area contributed by atoms with Gasteiger partial charge in [0.25, 0.3) is 0 Å². The molecule has 0 aliphatic carbocycles. The first-order chi connectivity index (χ1) is 8.81. The van der Waals surface area contributed by atoms with E-state index < -0.39 is 0 Å². The molecule has 1 aromatic heterocycles. The quantitative estimate of drug-likeness (QED) is 0.815. The van der Waals surface area contributed by atoms with Crippen LogP contribution in [0.5, 0.6) is 0 Å². The highest BCUT2D eigenvalue weighted by molar-refractivity contribution is 5.76. The van der Waals surface area contributed by atoms with Crippen LogP contribution >= 0.6 is 0 Å². The molecule has 1 atom stereocenters. The number of aryl methyl sites for hydroxylation is 1. The van der Waals surface area contributed by atoms with Crippen molar-refractivity contribution in [2.45, 2.75) is 38.8 Å². The maximum Gasteiger partial charge on any atom is 0.224 e. The van der Waals surface area contributed by atoms with Gasteiger partial charge in [0, 0.05) is 44.5 Å². The summed E-state index contributed by atoms with van der Waals surface area (Å²) in [4.78, 5) is 14.3. The first kappa shape index (κ1) is 13.1. The molecule has 1 amide bonds. The topological polar surface area (TPSA) is 50.2 Å². The third-order valence-corrected chi connectivity index (χ3v) is 3.37. The molecule has 1 N–H and O–H groups in total. The second kappa shape index (κ2) is 6.54. The van der Waals surface area contributed by atoms with Crippen LogP contribution in [0.3, 0.4) is 0 Å². The zero-order valence-electron chi connectivity index (χ0n) is 11.0. The molecule has 100 valence electrons. The van der Waals surface area contributed by atoms with Crippen molar-refractivity contribution in [2.75, 3.05) is 19.6 Å². The normalized spacial score (nSPS) is 19.1. The Hall–Kier alpha value is -1.36. The average Bonchev–Trinajstić information content (AvgIpc) is 3.05. The summed E-state index contributed by atoms with van der Waals surface area (Å²) in [5, 5.41) is 7.45. The number of aromatic nitrogens is 2. The lowest BCUT2D eigenvalue weighted by atomic mass is 10.2. The fraction of sp³-hybridized carbons (Fsp3) is 0.692. The van der Waals surface area contributed by atoms with Gasteiger partial charge >= 0.3 is 0 Å². The Morgan fingerprint density at radius 2 is 2.50 bits per heavy atom. The van der Waals surface area contributed by atoms with Crippen LogP contribution in [0.4, 0.5) is 0 Å². The number of nitrogens with zero attached hydrogens (tertiary/aromatic N) is 3. The number of hydrogen-bond acceptors (Lipinski definition) is 3. The summed E-state index contributed by atoms with van der Waals surface area (Å²) in [6, 6.07) is 2.27. The van der Waals surface area contributed by atoms with Crippen molar-refractivity contribution in [3.8, 4) is 0 Å². The van der Waals surface area contributed by atoms with Crippen molar-refractivity contribution in [1.29, 1.82) is 0 Å². The summed E-state index contributed by atoms with van der Waals surface area (Å²) in [5.74, 6) is 0.251. The van der Waals surface area contributed by atoms with E-state index in [9.17, 15) is 4.79 Å². The number of nitrogens with one attached hydrogen (secondary N) is 1. The summed E-state index contributed by atoms with van der Waals surface area (Å²) in [7, 11) is 0. The number of rotatable bonds is 6. The van der Waals surface area contributed by atoms with Crippen LogP contribution in [0.1, 0.15) is 26.2 Å². The van der Waals surface area contributed by atoms with Gasteiger partial charge in [-0.3, -0.25) is 9.48 Å². The fourth-order valence-electron chi connectivity index (χ4n) is 2.44. The predicted octanol–water partition coefficient (Wildman–Crippen LogP) is 0.874. The van der Waals surface area contributed by atoms with Gasteiger partial charge in [-0.05, 0) is 25.5 Å². The van der Waals surface area contributed by atoms with Gasteiger partial charge in [-0.15, -0.1) is 0 Å². The van der Waals surface area contributed by atoms with E-state index in [1.165, 1.54) is 0 Å². The molecule has 2 rings (SSSR count). The minimum atomic E-state index is 0.251. The van der Waals surface area contributed by atoms with Crippen LogP contribution in [0.15, 0.2) is 18.5 Å². The standard InChI is InChI=1S/C13H22N4O/c1-2-8-17(12-4-7-14-11-12)13(18)5-10-16-9-3-6-15-16/h3,6,9,12,14H,2,4-5,7-8,10-11H2,1H3.